The van der Waals surface area contributed by atoms with Crippen LogP contribution in [0.4, 0.5) is 0 Å². The molecule has 1 atom stereocenters. The third kappa shape index (κ3) is 2.62. The van der Waals surface area contributed by atoms with E-state index < -0.39 is 6.10 Å². The van der Waals surface area contributed by atoms with Crippen LogP contribution in [0.25, 0.3) is 0 Å². The van der Waals surface area contributed by atoms with Crippen molar-refractivity contribution in [2.75, 3.05) is 0 Å². The van der Waals surface area contributed by atoms with Gasteiger partial charge in [0.05, 0.1) is 6.20 Å². The van der Waals surface area contributed by atoms with E-state index in [0.717, 1.165) is 17.5 Å². The van der Waals surface area contributed by atoms with Crippen LogP contribution in [0.2, 0.25) is 0 Å². The highest BCUT2D eigenvalue weighted by molar-refractivity contribution is 5.30. The van der Waals surface area contributed by atoms with Crippen LogP contribution in [0.3, 0.4) is 0 Å². The van der Waals surface area contributed by atoms with Gasteiger partial charge in [0.25, 0.3) is 0 Å². The van der Waals surface area contributed by atoms with Crippen molar-refractivity contribution in [2.24, 2.45) is 0 Å². The molecule has 0 saturated carbocycles. The minimum absolute atomic E-state index is 0.313. The smallest absolute Gasteiger partial charge is 0.107 e. The van der Waals surface area contributed by atoms with Crippen LogP contribution in [0.1, 0.15) is 49.6 Å². The number of hydrogen-bond donors (Lipinski definition) is 1. The third-order valence-electron chi connectivity index (χ3n) is 3.14. The van der Waals surface area contributed by atoms with Gasteiger partial charge in [0.15, 0.2) is 0 Å². The van der Waals surface area contributed by atoms with Crippen LogP contribution >= 0.6 is 0 Å². The Labute approximate surface area is 108 Å². The molecule has 1 aromatic heterocycles. The third-order valence-corrected chi connectivity index (χ3v) is 3.14. The molecule has 0 bridgehead atoms. The van der Waals surface area contributed by atoms with Crippen molar-refractivity contribution in [3.05, 3.63) is 53.3 Å². The Morgan fingerprint density at radius 1 is 1.28 bits per heavy atom. The molecule has 1 aromatic carbocycles. The van der Waals surface area contributed by atoms with Crippen molar-refractivity contribution in [1.82, 2.24) is 9.78 Å². The van der Waals surface area contributed by atoms with E-state index in [-0.39, 0.29) is 0 Å². The molecular weight excluding hydrogens is 224 g/mol. The largest absolute Gasteiger partial charge is 0.384 e. The zero-order valence-corrected chi connectivity index (χ0v) is 11.2. The molecule has 96 valence electrons. The van der Waals surface area contributed by atoms with Crippen LogP contribution in [-0.4, -0.2) is 14.9 Å². The fourth-order valence-electron chi connectivity index (χ4n) is 1.95. The summed E-state index contributed by atoms with van der Waals surface area (Å²) < 4.78 is 1.86. The van der Waals surface area contributed by atoms with Gasteiger partial charge >= 0.3 is 0 Å². The highest BCUT2D eigenvalue weighted by atomic mass is 16.3. The van der Waals surface area contributed by atoms with Crippen molar-refractivity contribution in [3.63, 3.8) is 0 Å². The van der Waals surface area contributed by atoms with Crippen LogP contribution in [0.5, 0.6) is 0 Å². The normalized spacial score (nSPS) is 12.9. The number of aliphatic hydroxyl groups excluding tert-OH is 1. The van der Waals surface area contributed by atoms with Gasteiger partial charge in [-0.25, -0.2) is 0 Å². The van der Waals surface area contributed by atoms with Gasteiger partial charge in [-0.1, -0.05) is 31.2 Å². The summed E-state index contributed by atoms with van der Waals surface area (Å²) in [7, 11) is 0. The molecule has 0 amide bonds. The van der Waals surface area contributed by atoms with Gasteiger partial charge in [0, 0.05) is 17.8 Å². The molecule has 2 rings (SSSR count). The lowest BCUT2D eigenvalue weighted by molar-refractivity contribution is 0.220. The van der Waals surface area contributed by atoms with Crippen LogP contribution < -0.4 is 0 Å². The van der Waals surface area contributed by atoms with Gasteiger partial charge in [-0.15, -0.1) is 0 Å². The lowest BCUT2D eigenvalue weighted by Gasteiger charge is -2.10. The first-order chi connectivity index (χ1) is 8.61. The summed E-state index contributed by atoms with van der Waals surface area (Å²) in [6.45, 7) is 6.25. The predicted molar refractivity (Wildman–Crippen MR) is 72.5 cm³/mol. The molecule has 0 aliphatic rings. The first-order valence-electron chi connectivity index (χ1n) is 6.42. The Kier molecular flexibility index (Phi) is 3.82. The molecule has 3 heteroatoms. The molecular formula is C15H20N2O. The molecule has 1 N–H and O–H groups in total. The van der Waals surface area contributed by atoms with Crippen molar-refractivity contribution in [3.8, 4) is 0 Å². The summed E-state index contributed by atoms with van der Waals surface area (Å²) in [5.41, 5.74) is 3.01. The van der Waals surface area contributed by atoms with E-state index in [1.165, 1.54) is 5.56 Å². The molecule has 2 aromatic rings. The number of aryl methyl sites for hydroxylation is 1. The summed E-state index contributed by atoms with van der Waals surface area (Å²) >= 11 is 0. The molecule has 3 nitrogen and oxygen atoms in total. The van der Waals surface area contributed by atoms with E-state index in [4.69, 9.17) is 0 Å². The molecule has 0 spiro atoms. The second-order valence-electron chi connectivity index (χ2n) is 4.85. The maximum absolute atomic E-state index is 10.4. The number of benzene rings is 1. The average Bonchev–Trinajstić information content (AvgIpc) is 2.87. The zero-order valence-electron chi connectivity index (χ0n) is 11.2. The van der Waals surface area contributed by atoms with Gasteiger partial charge in [-0.05, 0) is 31.4 Å². The van der Waals surface area contributed by atoms with E-state index in [1.54, 1.807) is 6.20 Å². The first kappa shape index (κ1) is 12.8. The second kappa shape index (κ2) is 5.36. The van der Waals surface area contributed by atoms with E-state index >= 15 is 0 Å². The van der Waals surface area contributed by atoms with Crippen LogP contribution in [0, 0.1) is 0 Å². The Balaban J connectivity index is 2.26. The molecule has 0 fully saturated rings. The lowest BCUT2D eigenvalue weighted by Crippen LogP contribution is -2.01. The maximum atomic E-state index is 10.4. The number of rotatable bonds is 4. The van der Waals surface area contributed by atoms with Crippen molar-refractivity contribution >= 4 is 0 Å². The highest BCUT2D eigenvalue weighted by Gasteiger charge is 2.13. The van der Waals surface area contributed by atoms with Gasteiger partial charge in [0.1, 0.15) is 6.10 Å². The monoisotopic (exact) mass is 244 g/mol. The van der Waals surface area contributed by atoms with Crippen LogP contribution in [0.15, 0.2) is 36.7 Å². The second-order valence-corrected chi connectivity index (χ2v) is 4.85. The minimum Gasteiger partial charge on any atom is -0.384 e. The van der Waals surface area contributed by atoms with E-state index in [9.17, 15) is 5.11 Å². The first-order valence-corrected chi connectivity index (χ1v) is 6.42. The topological polar surface area (TPSA) is 38.1 Å². The van der Waals surface area contributed by atoms with Gasteiger partial charge in [0.2, 0.25) is 0 Å². The molecule has 1 heterocycles. The predicted octanol–water partition coefficient (Wildman–Crippen LogP) is 3.11. The SMILES string of the molecule is CCc1cccc(C(O)c2cnn(C(C)C)c2)c1. The molecule has 18 heavy (non-hydrogen) atoms. The van der Waals surface area contributed by atoms with Gasteiger partial charge in [-0.2, -0.15) is 5.10 Å². The highest BCUT2D eigenvalue weighted by Crippen LogP contribution is 2.23. The van der Waals surface area contributed by atoms with Crippen molar-refractivity contribution in [1.29, 1.82) is 0 Å². The lowest BCUT2D eigenvalue weighted by atomic mass is 10.0. The number of nitrogens with zero attached hydrogens (tertiary/aromatic N) is 2. The van der Waals surface area contributed by atoms with Crippen molar-refractivity contribution in [2.45, 2.75) is 39.3 Å². The molecule has 0 saturated heterocycles. The van der Waals surface area contributed by atoms with Crippen molar-refractivity contribution < 1.29 is 5.11 Å². The summed E-state index contributed by atoms with van der Waals surface area (Å²) in [5.74, 6) is 0. The van der Waals surface area contributed by atoms with Gasteiger partial charge in [-0.3, -0.25) is 4.68 Å². The number of aromatic nitrogens is 2. The standard InChI is InChI=1S/C15H20N2O/c1-4-12-6-5-7-13(8-12)15(18)14-9-16-17(10-14)11(2)3/h5-11,15,18H,4H2,1-3H3. The zero-order chi connectivity index (χ0) is 13.1. The Morgan fingerprint density at radius 2 is 2.06 bits per heavy atom. The quantitative estimate of drug-likeness (QED) is 0.897. The average molecular weight is 244 g/mol. The van der Waals surface area contributed by atoms with E-state index in [0.29, 0.717) is 6.04 Å². The van der Waals surface area contributed by atoms with E-state index in [2.05, 4.69) is 38.0 Å². The summed E-state index contributed by atoms with van der Waals surface area (Å²) in [6, 6.07) is 8.39. The molecule has 0 aliphatic heterocycles. The molecule has 0 radical (unpaired) electrons. The molecule has 0 aliphatic carbocycles. The van der Waals surface area contributed by atoms with Gasteiger partial charge < -0.3 is 5.11 Å². The Morgan fingerprint density at radius 3 is 2.67 bits per heavy atom. The number of hydrogen-bond acceptors (Lipinski definition) is 2. The summed E-state index contributed by atoms with van der Waals surface area (Å²) in [5, 5.41) is 14.6. The minimum atomic E-state index is -0.594. The van der Waals surface area contributed by atoms with Crippen LogP contribution in [-0.2, 0) is 6.42 Å². The summed E-state index contributed by atoms with van der Waals surface area (Å²) in [6.07, 6.45) is 4.03. The maximum Gasteiger partial charge on any atom is 0.107 e. The molecule has 1 unspecified atom stereocenters. The number of aliphatic hydroxyl groups is 1. The summed E-state index contributed by atoms with van der Waals surface area (Å²) in [4.78, 5) is 0. The fourth-order valence-corrected chi connectivity index (χ4v) is 1.95. The fraction of sp³-hybridized carbons (Fsp3) is 0.400. The van der Waals surface area contributed by atoms with E-state index in [1.807, 2.05) is 23.0 Å². The Bertz CT molecular complexity index is 517. The Hall–Kier alpha value is -1.61.